The first kappa shape index (κ1) is 14.8. The van der Waals surface area contributed by atoms with Crippen LogP contribution in [0.5, 0.6) is 0 Å². The van der Waals surface area contributed by atoms with Gasteiger partial charge in [-0.15, -0.1) is 5.10 Å². The Labute approximate surface area is 138 Å². The molecule has 0 spiro atoms. The summed E-state index contributed by atoms with van der Waals surface area (Å²) in [5.74, 6) is -0.133. The predicted molar refractivity (Wildman–Crippen MR) is 86.5 cm³/mol. The maximum atomic E-state index is 12.5. The van der Waals surface area contributed by atoms with Crippen LogP contribution < -0.4 is 5.32 Å². The molecule has 0 bridgehead atoms. The normalized spacial score (nSPS) is 21.0. The van der Waals surface area contributed by atoms with Crippen LogP contribution in [0, 0.1) is 6.92 Å². The number of carbonyl (C=O) groups excluding carboxylic acids is 1. The van der Waals surface area contributed by atoms with E-state index in [0.29, 0.717) is 17.4 Å². The molecule has 1 aliphatic rings. The molecule has 124 valence electrons. The molecule has 0 unspecified atom stereocenters. The lowest BCUT2D eigenvalue weighted by Gasteiger charge is -2.29. The standard InChI is InChI=1S/C16H19N7O/c1-11-9-17-22(10-11)13-7-5-12(6-8-13)18-16(24)14-3-2-4-15-19-20-21-23(14)15/h2-4,9-10,12-13H,5-8H2,1H3,(H,18,24). The second-order valence-electron chi connectivity index (χ2n) is 6.34. The average Bonchev–Trinajstić information content (AvgIpc) is 3.24. The highest BCUT2D eigenvalue weighted by molar-refractivity contribution is 5.93. The number of carbonyl (C=O) groups is 1. The Kier molecular flexibility index (Phi) is 3.72. The van der Waals surface area contributed by atoms with E-state index in [1.54, 1.807) is 18.2 Å². The quantitative estimate of drug-likeness (QED) is 0.789. The van der Waals surface area contributed by atoms with Gasteiger partial charge in [-0.3, -0.25) is 9.48 Å². The van der Waals surface area contributed by atoms with Gasteiger partial charge in [0.05, 0.1) is 12.2 Å². The smallest absolute Gasteiger partial charge is 0.270 e. The summed E-state index contributed by atoms with van der Waals surface area (Å²) in [6, 6.07) is 5.90. The van der Waals surface area contributed by atoms with Crippen LogP contribution in [-0.4, -0.2) is 41.8 Å². The molecule has 24 heavy (non-hydrogen) atoms. The molecule has 3 heterocycles. The minimum absolute atomic E-state index is 0.133. The molecule has 8 nitrogen and oxygen atoms in total. The highest BCUT2D eigenvalue weighted by Gasteiger charge is 2.25. The molecule has 0 radical (unpaired) electrons. The molecule has 8 heteroatoms. The number of fused-ring (bicyclic) bond motifs is 1. The summed E-state index contributed by atoms with van der Waals surface area (Å²) in [5, 5.41) is 18.9. The zero-order valence-electron chi connectivity index (χ0n) is 13.5. The van der Waals surface area contributed by atoms with E-state index in [-0.39, 0.29) is 11.9 Å². The zero-order valence-corrected chi connectivity index (χ0v) is 13.5. The van der Waals surface area contributed by atoms with E-state index >= 15 is 0 Å². The van der Waals surface area contributed by atoms with Gasteiger partial charge in [0, 0.05) is 12.2 Å². The first-order valence-corrected chi connectivity index (χ1v) is 8.19. The summed E-state index contributed by atoms with van der Waals surface area (Å²) in [6.45, 7) is 2.05. The summed E-state index contributed by atoms with van der Waals surface area (Å²) in [5.41, 5.74) is 2.21. The highest BCUT2D eigenvalue weighted by Crippen LogP contribution is 2.28. The molecule has 1 fully saturated rings. The van der Waals surface area contributed by atoms with Crippen LogP contribution >= 0.6 is 0 Å². The Morgan fingerprint density at radius 1 is 1.25 bits per heavy atom. The van der Waals surface area contributed by atoms with Crippen molar-refractivity contribution < 1.29 is 4.79 Å². The highest BCUT2D eigenvalue weighted by atomic mass is 16.2. The van der Waals surface area contributed by atoms with Gasteiger partial charge < -0.3 is 5.32 Å². The fourth-order valence-electron chi connectivity index (χ4n) is 3.31. The molecule has 1 saturated carbocycles. The van der Waals surface area contributed by atoms with Crippen LogP contribution in [0.4, 0.5) is 0 Å². The van der Waals surface area contributed by atoms with Gasteiger partial charge in [0.2, 0.25) is 0 Å². The second-order valence-corrected chi connectivity index (χ2v) is 6.34. The third kappa shape index (κ3) is 2.75. The first-order valence-electron chi connectivity index (χ1n) is 8.19. The predicted octanol–water partition coefficient (Wildman–Crippen LogP) is 1.54. The molecule has 4 rings (SSSR count). The number of nitrogens with one attached hydrogen (secondary N) is 1. The number of aromatic nitrogens is 6. The number of nitrogens with zero attached hydrogens (tertiary/aromatic N) is 6. The summed E-state index contributed by atoms with van der Waals surface area (Å²) in [6.07, 6.45) is 7.90. The van der Waals surface area contributed by atoms with Gasteiger partial charge in [-0.05, 0) is 60.7 Å². The number of aryl methyl sites for hydroxylation is 1. The van der Waals surface area contributed by atoms with E-state index in [1.807, 2.05) is 6.20 Å². The SMILES string of the molecule is Cc1cnn(C2CCC(NC(=O)c3cccc4nnnn34)CC2)c1. The van der Waals surface area contributed by atoms with E-state index < -0.39 is 0 Å². The molecule has 0 saturated heterocycles. The maximum Gasteiger partial charge on any atom is 0.270 e. The zero-order chi connectivity index (χ0) is 16.5. The van der Waals surface area contributed by atoms with Crippen molar-refractivity contribution in [3.63, 3.8) is 0 Å². The molecular formula is C16H19N7O. The third-order valence-corrected chi connectivity index (χ3v) is 4.59. The van der Waals surface area contributed by atoms with Gasteiger partial charge in [0.15, 0.2) is 5.65 Å². The van der Waals surface area contributed by atoms with Crippen molar-refractivity contribution in [1.82, 2.24) is 35.1 Å². The van der Waals surface area contributed by atoms with E-state index in [9.17, 15) is 4.79 Å². The molecular weight excluding hydrogens is 306 g/mol. The van der Waals surface area contributed by atoms with Crippen LogP contribution in [0.25, 0.3) is 5.65 Å². The summed E-state index contributed by atoms with van der Waals surface area (Å²) >= 11 is 0. The number of pyridine rings is 1. The van der Waals surface area contributed by atoms with E-state index in [0.717, 1.165) is 25.7 Å². The van der Waals surface area contributed by atoms with E-state index in [2.05, 4.69) is 43.7 Å². The van der Waals surface area contributed by atoms with Gasteiger partial charge >= 0.3 is 0 Å². The van der Waals surface area contributed by atoms with Gasteiger partial charge in [-0.25, -0.2) is 0 Å². The molecule has 0 aromatic carbocycles. The van der Waals surface area contributed by atoms with Gasteiger partial charge in [-0.2, -0.15) is 9.61 Å². The van der Waals surface area contributed by atoms with Crippen molar-refractivity contribution in [2.45, 2.75) is 44.7 Å². The van der Waals surface area contributed by atoms with Crippen molar-refractivity contribution in [2.75, 3.05) is 0 Å². The van der Waals surface area contributed by atoms with Crippen LogP contribution in [-0.2, 0) is 0 Å². The summed E-state index contributed by atoms with van der Waals surface area (Å²) < 4.78 is 3.52. The molecule has 0 atom stereocenters. The third-order valence-electron chi connectivity index (χ3n) is 4.59. The lowest BCUT2D eigenvalue weighted by atomic mass is 9.91. The lowest BCUT2D eigenvalue weighted by Crippen LogP contribution is -2.38. The molecule has 1 N–H and O–H groups in total. The number of hydrogen-bond donors (Lipinski definition) is 1. The Balaban J connectivity index is 1.40. The minimum Gasteiger partial charge on any atom is -0.348 e. The molecule has 1 aliphatic carbocycles. The Hall–Kier alpha value is -2.77. The minimum atomic E-state index is -0.133. The fraction of sp³-hybridized carbons (Fsp3) is 0.438. The fourth-order valence-corrected chi connectivity index (χ4v) is 3.31. The van der Waals surface area contributed by atoms with E-state index in [4.69, 9.17) is 0 Å². The lowest BCUT2D eigenvalue weighted by molar-refractivity contribution is 0.0914. The van der Waals surface area contributed by atoms with Crippen LogP contribution in [0.2, 0.25) is 0 Å². The monoisotopic (exact) mass is 325 g/mol. The van der Waals surface area contributed by atoms with Crippen LogP contribution in [0.1, 0.15) is 47.8 Å². The number of amides is 1. The number of rotatable bonds is 3. The summed E-state index contributed by atoms with van der Waals surface area (Å²) in [4.78, 5) is 12.5. The second kappa shape index (κ2) is 6.03. The topological polar surface area (TPSA) is 90.0 Å². The van der Waals surface area contributed by atoms with Crippen molar-refractivity contribution in [1.29, 1.82) is 0 Å². The van der Waals surface area contributed by atoms with Crippen molar-refractivity contribution in [3.8, 4) is 0 Å². The van der Waals surface area contributed by atoms with Crippen molar-refractivity contribution in [3.05, 3.63) is 41.9 Å². The van der Waals surface area contributed by atoms with Crippen LogP contribution in [0.15, 0.2) is 30.6 Å². The number of tetrazole rings is 1. The molecule has 3 aromatic heterocycles. The Bertz CT molecular complexity index is 860. The largest absolute Gasteiger partial charge is 0.348 e. The van der Waals surface area contributed by atoms with Crippen molar-refractivity contribution in [2.24, 2.45) is 0 Å². The summed E-state index contributed by atoms with van der Waals surface area (Å²) in [7, 11) is 0. The Morgan fingerprint density at radius 2 is 2.08 bits per heavy atom. The Morgan fingerprint density at radius 3 is 2.83 bits per heavy atom. The van der Waals surface area contributed by atoms with Crippen molar-refractivity contribution >= 4 is 11.6 Å². The average molecular weight is 325 g/mol. The molecule has 0 aliphatic heterocycles. The van der Waals surface area contributed by atoms with Gasteiger partial charge in [-0.1, -0.05) is 6.07 Å². The molecule has 3 aromatic rings. The van der Waals surface area contributed by atoms with Gasteiger partial charge in [0.25, 0.3) is 5.91 Å². The van der Waals surface area contributed by atoms with E-state index in [1.165, 1.54) is 10.1 Å². The number of hydrogen-bond acceptors (Lipinski definition) is 5. The first-order chi connectivity index (χ1) is 11.7. The molecule has 1 amide bonds. The van der Waals surface area contributed by atoms with Gasteiger partial charge in [0.1, 0.15) is 5.69 Å². The van der Waals surface area contributed by atoms with Crippen LogP contribution in [0.3, 0.4) is 0 Å². The maximum absolute atomic E-state index is 12.5.